The fourth-order valence-corrected chi connectivity index (χ4v) is 3.82. The van der Waals surface area contributed by atoms with Crippen LogP contribution in [-0.2, 0) is 17.2 Å². The predicted octanol–water partition coefficient (Wildman–Crippen LogP) is 2.97. The van der Waals surface area contributed by atoms with Gasteiger partial charge >= 0.3 is 0 Å². The van der Waals surface area contributed by atoms with Crippen LogP contribution in [0.25, 0.3) is 0 Å². The number of thiazole rings is 1. The van der Waals surface area contributed by atoms with Gasteiger partial charge in [0.1, 0.15) is 0 Å². The Balaban J connectivity index is 0.00000312. The zero-order chi connectivity index (χ0) is 17.2. The molecule has 1 aromatic carbocycles. The number of aryl methyl sites for hydroxylation is 1. The van der Waals surface area contributed by atoms with E-state index in [1.54, 1.807) is 11.3 Å². The first-order chi connectivity index (χ1) is 11.7. The molecule has 8 heteroatoms. The third-order valence-electron chi connectivity index (χ3n) is 3.20. The highest BCUT2D eigenvalue weighted by Crippen LogP contribution is 2.10. The van der Waals surface area contributed by atoms with Gasteiger partial charge in [-0.25, -0.2) is 4.98 Å². The lowest BCUT2D eigenvalue weighted by molar-refractivity contribution is 0.682. The SMILES string of the molecule is CCNC(=NCCS(=O)c1ccccc1)NCCc1ncc(C)s1.I. The van der Waals surface area contributed by atoms with Gasteiger partial charge < -0.3 is 10.6 Å². The fraction of sp³-hybridized carbons (Fsp3) is 0.412. The van der Waals surface area contributed by atoms with Crippen LogP contribution < -0.4 is 10.6 Å². The van der Waals surface area contributed by atoms with Crippen LogP contribution in [0.15, 0.2) is 46.4 Å². The van der Waals surface area contributed by atoms with Crippen LogP contribution in [0.3, 0.4) is 0 Å². The molecular formula is C17H25IN4OS2. The molecule has 2 aromatic rings. The highest BCUT2D eigenvalue weighted by atomic mass is 127. The zero-order valence-corrected chi connectivity index (χ0v) is 18.5. The summed E-state index contributed by atoms with van der Waals surface area (Å²) in [7, 11) is -1.01. The van der Waals surface area contributed by atoms with Crippen LogP contribution in [0.1, 0.15) is 16.8 Å². The van der Waals surface area contributed by atoms with Gasteiger partial charge in [0.15, 0.2) is 5.96 Å². The van der Waals surface area contributed by atoms with E-state index >= 15 is 0 Å². The largest absolute Gasteiger partial charge is 0.357 e. The van der Waals surface area contributed by atoms with Crippen molar-refractivity contribution in [1.82, 2.24) is 15.6 Å². The minimum atomic E-state index is -1.01. The van der Waals surface area contributed by atoms with Gasteiger partial charge in [0, 0.05) is 41.2 Å². The van der Waals surface area contributed by atoms with Crippen LogP contribution in [0.4, 0.5) is 0 Å². The van der Waals surface area contributed by atoms with Crippen molar-refractivity contribution in [3.63, 3.8) is 0 Å². The van der Waals surface area contributed by atoms with E-state index in [1.807, 2.05) is 43.5 Å². The van der Waals surface area contributed by atoms with Gasteiger partial charge in [-0.3, -0.25) is 9.20 Å². The standard InChI is InChI=1S/C17H24N4OS2.HI/c1-3-18-17(19-10-9-16-21-13-14(2)23-16)20-11-12-24(22)15-7-5-4-6-8-15;/h4-8,13H,3,9-12H2,1-2H3,(H2,18,19,20);1H. The number of rotatable bonds is 8. The Morgan fingerprint density at radius 2 is 2.04 bits per heavy atom. The summed E-state index contributed by atoms with van der Waals surface area (Å²) in [5.41, 5.74) is 0. The van der Waals surface area contributed by atoms with Crippen molar-refractivity contribution >= 4 is 52.1 Å². The first-order valence-electron chi connectivity index (χ1n) is 8.06. The van der Waals surface area contributed by atoms with Crippen LogP contribution in [0.2, 0.25) is 0 Å². The molecule has 1 atom stereocenters. The predicted molar refractivity (Wildman–Crippen MR) is 118 cm³/mol. The second-order valence-electron chi connectivity index (χ2n) is 5.16. The maximum absolute atomic E-state index is 12.2. The number of nitrogens with one attached hydrogen (secondary N) is 2. The van der Waals surface area contributed by atoms with E-state index in [0.29, 0.717) is 12.3 Å². The summed E-state index contributed by atoms with van der Waals surface area (Å²) in [6.45, 7) is 6.19. The molecule has 1 aromatic heterocycles. The molecule has 0 aliphatic heterocycles. The molecule has 0 amide bonds. The highest BCUT2D eigenvalue weighted by molar-refractivity contribution is 14.0. The molecule has 0 bridgehead atoms. The van der Waals surface area contributed by atoms with Crippen molar-refractivity contribution < 1.29 is 4.21 Å². The molecule has 2 N–H and O–H groups in total. The molecule has 2 rings (SSSR count). The number of halogens is 1. The Labute approximate surface area is 173 Å². The van der Waals surface area contributed by atoms with Crippen LogP contribution in [0.5, 0.6) is 0 Å². The molecule has 25 heavy (non-hydrogen) atoms. The Kier molecular flexibility index (Phi) is 10.9. The molecular weight excluding hydrogens is 467 g/mol. The highest BCUT2D eigenvalue weighted by Gasteiger charge is 2.04. The minimum Gasteiger partial charge on any atom is -0.357 e. The van der Waals surface area contributed by atoms with Gasteiger partial charge in [0.25, 0.3) is 0 Å². The van der Waals surface area contributed by atoms with Gasteiger partial charge in [0.2, 0.25) is 0 Å². The molecule has 0 radical (unpaired) electrons. The minimum absolute atomic E-state index is 0. The topological polar surface area (TPSA) is 66.4 Å². The summed E-state index contributed by atoms with van der Waals surface area (Å²) in [6, 6.07) is 9.51. The van der Waals surface area contributed by atoms with Gasteiger partial charge in [-0.2, -0.15) is 0 Å². The molecule has 0 saturated carbocycles. The van der Waals surface area contributed by atoms with Gasteiger partial charge in [0.05, 0.1) is 22.4 Å². The molecule has 0 aliphatic rings. The average molecular weight is 492 g/mol. The van der Waals surface area contributed by atoms with Crippen LogP contribution >= 0.6 is 35.3 Å². The van der Waals surface area contributed by atoms with Crippen molar-refractivity contribution in [1.29, 1.82) is 0 Å². The summed E-state index contributed by atoms with van der Waals surface area (Å²) in [4.78, 5) is 10.9. The van der Waals surface area contributed by atoms with Gasteiger partial charge in [-0.1, -0.05) is 18.2 Å². The molecule has 0 aliphatic carbocycles. The third kappa shape index (κ3) is 8.28. The maximum atomic E-state index is 12.2. The Morgan fingerprint density at radius 1 is 1.28 bits per heavy atom. The second-order valence-corrected chi connectivity index (χ2v) is 8.05. The number of aliphatic imine (C=N–C) groups is 1. The summed E-state index contributed by atoms with van der Waals surface area (Å²) in [6.07, 6.45) is 2.77. The van der Waals surface area contributed by atoms with Crippen LogP contribution in [0, 0.1) is 6.92 Å². The smallest absolute Gasteiger partial charge is 0.191 e. The summed E-state index contributed by atoms with van der Waals surface area (Å²) >= 11 is 1.72. The lowest BCUT2D eigenvalue weighted by Crippen LogP contribution is -2.38. The van der Waals surface area contributed by atoms with Crippen molar-refractivity contribution in [3.8, 4) is 0 Å². The van der Waals surface area contributed by atoms with Crippen molar-refractivity contribution in [3.05, 3.63) is 46.4 Å². The number of hydrogen-bond donors (Lipinski definition) is 2. The van der Waals surface area contributed by atoms with E-state index in [1.165, 1.54) is 4.88 Å². The van der Waals surface area contributed by atoms with Gasteiger partial charge in [-0.15, -0.1) is 35.3 Å². The van der Waals surface area contributed by atoms with E-state index in [0.717, 1.165) is 35.4 Å². The lowest BCUT2D eigenvalue weighted by Gasteiger charge is -2.10. The summed E-state index contributed by atoms with van der Waals surface area (Å²) in [5, 5.41) is 7.63. The molecule has 0 saturated heterocycles. The monoisotopic (exact) mass is 492 g/mol. The van der Waals surface area contributed by atoms with E-state index in [4.69, 9.17) is 0 Å². The Bertz CT molecular complexity index is 676. The average Bonchev–Trinajstić information content (AvgIpc) is 3.01. The third-order valence-corrected chi connectivity index (χ3v) is 5.52. The number of guanidine groups is 1. The Hall–Kier alpha value is -1.00. The normalized spacial score (nSPS) is 12.3. The van der Waals surface area contributed by atoms with E-state index < -0.39 is 10.8 Å². The first-order valence-corrected chi connectivity index (χ1v) is 10.2. The molecule has 1 unspecified atom stereocenters. The summed E-state index contributed by atoms with van der Waals surface area (Å²) in [5.74, 6) is 1.28. The van der Waals surface area contributed by atoms with Crippen molar-refractivity contribution in [2.24, 2.45) is 4.99 Å². The van der Waals surface area contributed by atoms with E-state index in [-0.39, 0.29) is 24.0 Å². The number of hydrogen-bond acceptors (Lipinski definition) is 4. The molecule has 138 valence electrons. The Morgan fingerprint density at radius 3 is 2.68 bits per heavy atom. The second kappa shape index (κ2) is 12.4. The first kappa shape index (κ1) is 22.0. The van der Waals surface area contributed by atoms with Gasteiger partial charge in [-0.05, 0) is 26.0 Å². The van der Waals surface area contributed by atoms with Crippen LogP contribution in [-0.4, -0.2) is 40.5 Å². The van der Waals surface area contributed by atoms with Crippen molar-refractivity contribution in [2.45, 2.75) is 25.2 Å². The molecule has 1 heterocycles. The maximum Gasteiger partial charge on any atom is 0.191 e. The lowest BCUT2D eigenvalue weighted by atomic mass is 10.4. The number of aromatic nitrogens is 1. The summed E-state index contributed by atoms with van der Waals surface area (Å²) < 4.78 is 12.2. The van der Waals surface area contributed by atoms with E-state index in [9.17, 15) is 4.21 Å². The molecule has 0 spiro atoms. The molecule has 0 fully saturated rings. The fourth-order valence-electron chi connectivity index (χ4n) is 2.08. The number of benzene rings is 1. The van der Waals surface area contributed by atoms with E-state index in [2.05, 4.69) is 27.5 Å². The zero-order valence-electron chi connectivity index (χ0n) is 14.5. The number of nitrogens with zero attached hydrogens (tertiary/aromatic N) is 2. The van der Waals surface area contributed by atoms with Crippen molar-refractivity contribution in [2.75, 3.05) is 25.4 Å². The quantitative estimate of drug-likeness (QED) is 0.338. The molecule has 5 nitrogen and oxygen atoms in total.